The van der Waals surface area contributed by atoms with Crippen LogP contribution in [0, 0.1) is 0 Å². The average Bonchev–Trinajstić information content (AvgIpc) is 2.80. The maximum Gasteiger partial charge on any atom is 0.375 e. The second-order valence-electron chi connectivity index (χ2n) is 4.08. The fourth-order valence-electron chi connectivity index (χ4n) is 2.06. The van der Waals surface area contributed by atoms with Gasteiger partial charge in [0.05, 0.1) is 5.69 Å². The van der Waals surface area contributed by atoms with Gasteiger partial charge in [-0.15, -0.1) is 0 Å². The summed E-state index contributed by atoms with van der Waals surface area (Å²) in [5.74, 6) is -0.520. The zero-order valence-corrected chi connectivity index (χ0v) is 9.46. The molecule has 1 aliphatic heterocycles. The Bertz CT molecular complexity index is 570. The summed E-state index contributed by atoms with van der Waals surface area (Å²) in [5, 5.41) is 12.4. The van der Waals surface area contributed by atoms with Crippen molar-refractivity contribution in [1.29, 1.82) is 0 Å². The summed E-state index contributed by atoms with van der Waals surface area (Å²) >= 11 is 0. The molecule has 0 fully saturated rings. The molecule has 18 heavy (non-hydrogen) atoms. The summed E-state index contributed by atoms with van der Waals surface area (Å²) in [5.41, 5.74) is -0.289. The SMILES string of the molecule is O=C(O)C1(c2ccccc2)Nc2ccccc2O1. The Morgan fingerprint density at radius 3 is 2.39 bits per heavy atom. The Morgan fingerprint density at radius 1 is 1.06 bits per heavy atom. The highest BCUT2D eigenvalue weighted by Crippen LogP contribution is 2.41. The number of fused-ring (bicyclic) bond motifs is 1. The van der Waals surface area contributed by atoms with Crippen molar-refractivity contribution >= 4 is 11.7 Å². The van der Waals surface area contributed by atoms with Crippen molar-refractivity contribution in [3.05, 3.63) is 60.2 Å². The second-order valence-corrected chi connectivity index (χ2v) is 4.08. The summed E-state index contributed by atoms with van der Waals surface area (Å²) in [6.45, 7) is 0. The third-order valence-corrected chi connectivity index (χ3v) is 2.94. The molecular weight excluding hydrogens is 230 g/mol. The first-order valence-corrected chi connectivity index (χ1v) is 5.57. The molecule has 0 aromatic heterocycles. The monoisotopic (exact) mass is 241 g/mol. The molecule has 4 nitrogen and oxygen atoms in total. The molecule has 0 bridgehead atoms. The molecule has 1 unspecified atom stereocenters. The van der Waals surface area contributed by atoms with Crippen molar-refractivity contribution in [3.8, 4) is 5.75 Å². The van der Waals surface area contributed by atoms with Gasteiger partial charge in [-0.05, 0) is 12.1 Å². The van der Waals surface area contributed by atoms with E-state index in [1.807, 2.05) is 18.2 Å². The first-order chi connectivity index (χ1) is 8.72. The van der Waals surface area contributed by atoms with E-state index in [1.54, 1.807) is 36.4 Å². The summed E-state index contributed by atoms with van der Waals surface area (Å²) in [4.78, 5) is 11.6. The Hall–Kier alpha value is -2.49. The van der Waals surface area contributed by atoms with Crippen LogP contribution in [-0.2, 0) is 10.5 Å². The molecule has 4 heteroatoms. The molecule has 0 radical (unpaired) electrons. The molecule has 0 saturated heterocycles. The minimum Gasteiger partial charge on any atom is -0.477 e. The lowest BCUT2D eigenvalue weighted by molar-refractivity contribution is -0.152. The Balaban J connectivity index is 2.11. The van der Waals surface area contributed by atoms with E-state index in [-0.39, 0.29) is 0 Å². The smallest absolute Gasteiger partial charge is 0.375 e. The van der Waals surface area contributed by atoms with E-state index >= 15 is 0 Å². The highest BCUT2D eigenvalue weighted by Gasteiger charge is 2.48. The van der Waals surface area contributed by atoms with Gasteiger partial charge in [-0.1, -0.05) is 42.5 Å². The first-order valence-electron chi connectivity index (χ1n) is 5.57. The van der Waals surface area contributed by atoms with E-state index in [1.165, 1.54) is 0 Å². The van der Waals surface area contributed by atoms with Gasteiger partial charge in [0.15, 0.2) is 0 Å². The van der Waals surface area contributed by atoms with Gasteiger partial charge in [0, 0.05) is 5.56 Å². The van der Waals surface area contributed by atoms with Crippen molar-refractivity contribution in [2.45, 2.75) is 5.72 Å². The number of nitrogens with one attached hydrogen (secondary N) is 1. The van der Waals surface area contributed by atoms with Crippen LogP contribution in [0.4, 0.5) is 5.69 Å². The number of anilines is 1. The summed E-state index contributed by atoms with van der Waals surface area (Å²) in [6, 6.07) is 16.0. The summed E-state index contributed by atoms with van der Waals surface area (Å²) in [6.07, 6.45) is 0. The number of carboxylic acids is 1. The van der Waals surface area contributed by atoms with Crippen molar-refractivity contribution < 1.29 is 14.6 Å². The molecular formula is C14H11NO3. The van der Waals surface area contributed by atoms with E-state index < -0.39 is 11.7 Å². The Morgan fingerprint density at radius 2 is 1.72 bits per heavy atom. The predicted octanol–water partition coefficient (Wildman–Crippen LogP) is 2.43. The van der Waals surface area contributed by atoms with Crippen LogP contribution in [0.5, 0.6) is 5.75 Å². The van der Waals surface area contributed by atoms with E-state index in [2.05, 4.69) is 5.32 Å². The van der Waals surface area contributed by atoms with Crippen LogP contribution in [0.25, 0.3) is 0 Å². The number of hydrogen-bond donors (Lipinski definition) is 2. The quantitative estimate of drug-likeness (QED) is 0.847. The van der Waals surface area contributed by atoms with Gasteiger partial charge in [-0.25, -0.2) is 4.79 Å². The maximum atomic E-state index is 11.6. The van der Waals surface area contributed by atoms with Crippen molar-refractivity contribution in [3.63, 3.8) is 0 Å². The van der Waals surface area contributed by atoms with Crippen LogP contribution >= 0.6 is 0 Å². The third kappa shape index (κ3) is 1.43. The molecule has 0 amide bonds. The maximum absolute atomic E-state index is 11.6. The zero-order valence-electron chi connectivity index (χ0n) is 9.46. The van der Waals surface area contributed by atoms with E-state index in [0.29, 0.717) is 17.0 Å². The van der Waals surface area contributed by atoms with Crippen LogP contribution in [-0.4, -0.2) is 11.1 Å². The summed E-state index contributed by atoms with van der Waals surface area (Å²) < 4.78 is 5.63. The van der Waals surface area contributed by atoms with Gasteiger partial charge in [0.1, 0.15) is 5.75 Å². The number of para-hydroxylation sites is 2. The third-order valence-electron chi connectivity index (χ3n) is 2.94. The number of ether oxygens (including phenoxy) is 1. The first kappa shape index (κ1) is 10.7. The van der Waals surface area contributed by atoms with Crippen molar-refractivity contribution in [1.82, 2.24) is 0 Å². The minimum atomic E-state index is -1.54. The van der Waals surface area contributed by atoms with Crippen LogP contribution in [0.1, 0.15) is 5.56 Å². The second kappa shape index (κ2) is 3.77. The number of rotatable bonds is 2. The molecule has 0 spiro atoms. The zero-order chi connectivity index (χ0) is 12.6. The van der Waals surface area contributed by atoms with Gasteiger partial charge in [0.2, 0.25) is 0 Å². The average molecular weight is 241 g/mol. The van der Waals surface area contributed by atoms with E-state index in [4.69, 9.17) is 4.74 Å². The number of aliphatic carboxylic acids is 1. The molecule has 1 heterocycles. The largest absolute Gasteiger partial charge is 0.477 e. The number of hydrogen-bond acceptors (Lipinski definition) is 3. The molecule has 1 atom stereocenters. The van der Waals surface area contributed by atoms with Gasteiger partial charge in [-0.3, -0.25) is 0 Å². The van der Waals surface area contributed by atoms with Gasteiger partial charge in [0.25, 0.3) is 0 Å². The van der Waals surface area contributed by atoms with Gasteiger partial charge in [-0.2, -0.15) is 0 Å². The normalized spacial score (nSPS) is 20.7. The fourth-order valence-corrected chi connectivity index (χ4v) is 2.06. The fraction of sp³-hybridized carbons (Fsp3) is 0.0714. The molecule has 3 rings (SSSR count). The molecule has 1 aliphatic rings. The molecule has 2 aromatic rings. The highest BCUT2D eigenvalue weighted by atomic mass is 16.6. The molecule has 0 saturated carbocycles. The lowest BCUT2D eigenvalue weighted by Gasteiger charge is -2.24. The highest BCUT2D eigenvalue weighted by molar-refractivity contribution is 5.86. The van der Waals surface area contributed by atoms with Crippen LogP contribution in [0.2, 0.25) is 0 Å². The molecule has 2 aromatic carbocycles. The van der Waals surface area contributed by atoms with Crippen LogP contribution in [0.3, 0.4) is 0 Å². The summed E-state index contributed by atoms with van der Waals surface area (Å²) in [7, 11) is 0. The molecule has 2 N–H and O–H groups in total. The van der Waals surface area contributed by atoms with E-state index in [9.17, 15) is 9.90 Å². The number of carboxylic acid groups (broad SMARTS) is 1. The van der Waals surface area contributed by atoms with Crippen molar-refractivity contribution in [2.24, 2.45) is 0 Å². The van der Waals surface area contributed by atoms with E-state index in [0.717, 1.165) is 0 Å². The Kier molecular flexibility index (Phi) is 2.23. The van der Waals surface area contributed by atoms with Crippen LogP contribution in [0.15, 0.2) is 54.6 Å². The van der Waals surface area contributed by atoms with Gasteiger partial charge >= 0.3 is 11.7 Å². The van der Waals surface area contributed by atoms with Crippen molar-refractivity contribution in [2.75, 3.05) is 5.32 Å². The van der Waals surface area contributed by atoms with Crippen LogP contribution < -0.4 is 10.1 Å². The lowest BCUT2D eigenvalue weighted by Crippen LogP contribution is -2.45. The molecule has 0 aliphatic carbocycles. The Labute approximate surface area is 104 Å². The standard InChI is InChI=1S/C14H11NO3/c16-13(17)14(10-6-2-1-3-7-10)15-11-8-4-5-9-12(11)18-14/h1-9,15H,(H,16,17). The topological polar surface area (TPSA) is 58.6 Å². The number of benzene rings is 2. The predicted molar refractivity (Wildman–Crippen MR) is 66.4 cm³/mol. The minimum absolute atomic E-state index is 0.545. The van der Waals surface area contributed by atoms with Gasteiger partial charge < -0.3 is 15.2 Å². The lowest BCUT2D eigenvalue weighted by atomic mass is 10.0. The molecule has 90 valence electrons. The number of carbonyl (C=O) groups is 1.